The van der Waals surface area contributed by atoms with Gasteiger partial charge in [0.15, 0.2) is 11.2 Å². The van der Waals surface area contributed by atoms with Crippen molar-refractivity contribution >= 4 is 17.3 Å². The van der Waals surface area contributed by atoms with Gasteiger partial charge in [-0.2, -0.15) is 4.98 Å². The number of ether oxygens (including phenoxy) is 2. The van der Waals surface area contributed by atoms with Gasteiger partial charge in [0.05, 0.1) is 6.54 Å². The molecule has 1 fully saturated rings. The zero-order chi connectivity index (χ0) is 18.2. The summed E-state index contributed by atoms with van der Waals surface area (Å²) in [4.78, 5) is 26.9. The predicted octanol–water partition coefficient (Wildman–Crippen LogP) is 2.54. The first-order chi connectivity index (χ1) is 11.8. The van der Waals surface area contributed by atoms with Crippen LogP contribution < -0.4 is 4.74 Å². The van der Waals surface area contributed by atoms with E-state index in [9.17, 15) is 4.79 Å². The van der Waals surface area contributed by atoms with Crippen molar-refractivity contribution in [2.75, 3.05) is 13.1 Å². The highest BCUT2D eigenvalue weighted by atomic mass is 16.6. The van der Waals surface area contributed by atoms with Gasteiger partial charge in [0.25, 0.3) is 0 Å². The van der Waals surface area contributed by atoms with Gasteiger partial charge in [-0.3, -0.25) is 0 Å². The summed E-state index contributed by atoms with van der Waals surface area (Å²) < 4.78 is 13.5. The van der Waals surface area contributed by atoms with Gasteiger partial charge in [-0.05, 0) is 34.6 Å². The van der Waals surface area contributed by atoms with Crippen LogP contribution >= 0.6 is 0 Å². The zero-order valence-corrected chi connectivity index (χ0v) is 15.4. The number of carbonyl (C=O) groups is 1. The molecule has 3 rings (SSSR count). The molecule has 0 radical (unpaired) electrons. The lowest BCUT2D eigenvalue weighted by molar-refractivity contribution is 0.0275. The molecule has 0 N–H and O–H groups in total. The standard InChI is InChI=1S/C17H25N5O3/c1-6-22-11(2)20-13-14(22)18-10-19-15(13)24-12-7-8-21(9-12)16(23)25-17(3,4)5/h10,12H,6-9H2,1-5H3. The van der Waals surface area contributed by atoms with E-state index in [2.05, 4.69) is 15.0 Å². The van der Waals surface area contributed by atoms with E-state index < -0.39 is 5.60 Å². The van der Waals surface area contributed by atoms with Crippen LogP contribution in [0.25, 0.3) is 11.2 Å². The summed E-state index contributed by atoms with van der Waals surface area (Å²) in [7, 11) is 0. The Morgan fingerprint density at radius 3 is 2.80 bits per heavy atom. The maximum absolute atomic E-state index is 12.2. The van der Waals surface area contributed by atoms with Crippen LogP contribution in [0.2, 0.25) is 0 Å². The summed E-state index contributed by atoms with van der Waals surface area (Å²) in [6.45, 7) is 11.4. The number of aryl methyl sites for hydroxylation is 2. The molecule has 1 saturated heterocycles. The highest BCUT2D eigenvalue weighted by Crippen LogP contribution is 2.25. The second kappa shape index (κ2) is 6.50. The first-order valence-electron chi connectivity index (χ1n) is 8.61. The fourth-order valence-corrected chi connectivity index (χ4v) is 2.96. The molecule has 0 spiro atoms. The number of aromatic nitrogens is 4. The molecule has 0 aromatic carbocycles. The number of likely N-dealkylation sites (tertiary alicyclic amines) is 1. The van der Waals surface area contributed by atoms with E-state index in [4.69, 9.17) is 9.47 Å². The molecule has 1 aliphatic rings. The van der Waals surface area contributed by atoms with Crippen LogP contribution in [0.4, 0.5) is 4.79 Å². The molecule has 8 heteroatoms. The third kappa shape index (κ3) is 3.67. The molecule has 2 aromatic rings. The topological polar surface area (TPSA) is 82.4 Å². The third-order valence-electron chi connectivity index (χ3n) is 4.08. The lowest BCUT2D eigenvalue weighted by Gasteiger charge is -2.24. The van der Waals surface area contributed by atoms with Crippen LogP contribution in [-0.2, 0) is 11.3 Å². The second-order valence-corrected chi connectivity index (χ2v) is 7.21. The summed E-state index contributed by atoms with van der Waals surface area (Å²) in [6, 6.07) is 0. The maximum atomic E-state index is 12.2. The van der Waals surface area contributed by atoms with Crippen LogP contribution in [0.5, 0.6) is 5.88 Å². The molecule has 0 aliphatic carbocycles. The highest BCUT2D eigenvalue weighted by molar-refractivity contribution is 5.76. The SMILES string of the molecule is CCn1c(C)nc2c(OC3CCN(C(=O)OC(C)(C)C)C3)ncnc21. The number of hydrogen-bond acceptors (Lipinski definition) is 6. The number of nitrogens with zero attached hydrogens (tertiary/aromatic N) is 5. The van der Waals surface area contributed by atoms with Gasteiger partial charge in [-0.1, -0.05) is 0 Å². The minimum atomic E-state index is -0.501. The van der Waals surface area contributed by atoms with E-state index in [0.29, 0.717) is 24.5 Å². The molecule has 1 aliphatic heterocycles. The number of carbonyl (C=O) groups excluding carboxylic acids is 1. The molecule has 8 nitrogen and oxygen atoms in total. The van der Waals surface area contributed by atoms with Crippen molar-refractivity contribution in [2.24, 2.45) is 0 Å². The number of rotatable bonds is 3. The van der Waals surface area contributed by atoms with Gasteiger partial charge in [0.2, 0.25) is 5.88 Å². The van der Waals surface area contributed by atoms with Gasteiger partial charge in [0, 0.05) is 19.5 Å². The first-order valence-corrected chi connectivity index (χ1v) is 8.61. The van der Waals surface area contributed by atoms with Gasteiger partial charge >= 0.3 is 6.09 Å². The summed E-state index contributed by atoms with van der Waals surface area (Å²) in [6.07, 6.45) is 1.79. The normalized spacial score (nSPS) is 18.0. The van der Waals surface area contributed by atoms with E-state index in [0.717, 1.165) is 24.4 Å². The minimum Gasteiger partial charge on any atom is -0.471 e. The lowest BCUT2D eigenvalue weighted by Crippen LogP contribution is -2.36. The van der Waals surface area contributed by atoms with E-state index in [1.807, 2.05) is 39.2 Å². The van der Waals surface area contributed by atoms with Gasteiger partial charge in [0.1, 0.15) is 23.9 Å². The molecule has 2 aromatic heterocycles. The quantitative estimate of drug-likeness (QED) is 0.848. The number of amides is 1. The number of imidazole rings is 1. The Bertz CT molecular complexity index is 780. The monoisotopic (exact) mass is 347 g/mol. The van der Waals surface area contributed by atoms with Gasteiger partial charge < -0.3 is 18.9 Å². The zero-order valence-electron chi connectivity index (χ0n) is 15.4. The molecule has 25 heavy (non-hydrogen) atoms. The maximum Gasteiger partial charge on any atom is 0.410 e. The minimum absolute atomic E-state index is 0.127. The smallest absolute Gasteiger partial charge is 0.410 e. The fourth-order valence-electron chi connectivity index (χ4n) is 2.96. The van der Waals surface area contributed by atoms with E-state index >= 15 is 0 Å². The van der Waals surface area contributed by atoms with Crippen LogP contribution in [0.1, 0.15) is 39.9 Å². The highest BCUT2D eigenvalue weighted by Gasteiger charge is 2.31. The third-order valence-corrected chi connectivity index (χ3v) is 4.08. The van der Waals surface area contributed by atoms with E-state index in [1.54, 1.807) is 4.90 Å². The van der Waals surface area contributed by atoms with Crippen molar-refractivity contribution in [3.63, 3.8) is 0 Å². The largest absolute Gasteiger partial charge is 0.471 e. The predicted molar refractivity (Wildman–Crippen MR) is 92.6 cm³/mol. The van der Waals surface area contributed by atoms with E-state index in [-0.39, 0.29) is 12.2 Å². The van der Waals surface area contributed by atoms with Crippen LogP contribution in [-0.4, -0.2) is 55.3 Å². The molecule has 136 valence electrons. The molecule has 3 heterocycles. The van der Waals surface area contributed by atoms with Crippen molar-refractivity contribution in [3.05, 3.63) is 12.2 Å². The molecule has 0 saturated carbocycles. The van der Waals surface area contributed by atoms with Crippen LogP contribution in [0, 0.1) is 6.92 Å². The molecule has 1 unspecified atom stereocenters. The fraction of sp³-hybridized carbons (Fsp3) is 0.647. The summed E-state index contributed by atoms with van der Waals surface area (Å²) >= 11 is 0. The van der Waals surface area contributed by atoms with Crippen molar-refractivity contribution in [1.82, 2.24) is 24.4 Å². The average molecular weight is 347 g/mol. The summed E-state index contributed by atoms with van der Waals surface area (Å²) in [5.41, 5.74) is 0.934. The van der Waals surface area contributed by atoms with E-state index in [1.165, 1.54) is 6.33 Å². The molecule has 0 bridgehead atoms. The van der Waals surface area contributed by atoms with Crippen molar-refractivity contribution in [2.45, 2.75) is 59.3 Å². The Kier molecular flexibility index (Phi) is 4.53. The average Bonchev–Trinajstić information content (AvgIpc) is 3.10. The van der Waals surface area contributed by atoms with Crippen LogP contribution in [0.3, 0.4) is 0 Å². The van der Waals surface area contributed by atoms with Crippen LogP contribution in [0.15, 0.2) is 6.33 Å². The summed E-state index contributed by atoms with van der Waals surface area (Å²) in [5.74, 6) is 1.35. The van der Waals surface area contributed by atoms with Crippen molar-refractivity contribution in [1.29, 1.82) is 0 Å². The summed E-state index contributed by atoms with van der Waals surface area (Å²) in [5, 5.41) is 0. The van der Waals surface area contributed by atoms with Crippen molar-refractivity contribution < 1.29 is 14.3 Å². The number of hydrogen-bond donors (Lipinski definition) is 0. The Morgan fingerprint density at radius 2 is 2.12 bits per heavy atom. The molecule has 1 atom stereocenters. The Labute approximate surface area is 147 Å². The Balaban J connectivity index is 1.72. The first kappa shape index (κ1) is 17.4. The Hall–Kier alpha value is -2.38. The lowest BCUT2D eigenvalue weighted by atomic mass is 10.2. The number of fused-ring (bicyclic) bond motifs is 1. The van der Waals surface area contributed by atoms with Gasteiger partial charge in [-0.25, -0.2) is 14.8 Å². The van der Waals surface area contributed by atoms with Crippen molar-refractivity contribution in [3.8, 4) is 5.88 Å². The second-order valence-electron chi connectivity index (χ2n) is 7.21. The molecule has 1 amide bonds. The van der Waals surface area contributed by atoms with Gasteiger partial charge in [-0.15, -0.1) is 0 Å². The Morgan fingerprint density at radius 1 is 1.36 bits per heavy atom. The molecular weight excluding hydrogens is 322 g/mol. The molecular formula is C17H25N5O3.